The van der Waals surface area contributed by atoms with Gasteiger partial charge in [-0.25, -0.2) is 0 Å². The molecule has 0 spiro atoms. The van der Waals surface area contributed by atoms with Crippen molar-refractivity contribution >= 4 is 17.5 Å². The van der Waals surface area contributed by atoms with Crippen LogP contribution in [0, 0.1) is 11.8 Å². The fourth-order valence-corrected chi connectivity index (χ4v) is 5.13. The number of benzene rings is 1. The van der Waals surface area contributed by atoms with Crippen molar-refractivity contribution in [2.45, 2.75) is 57.5 Å². The van der Waals surface area contributed by atoms with Crippen LogP contribution in [0.25, 0.3) is 0 Å². The Hall–Kier alpha value is -1.88. The number of hydrogen-bond donors (Lipinski definition) is 2. The average molecular weight is 341 g/mol. The van der Waals surface area contributed by atoms with Gasteiger partial charge >= 0.3 is 0 Å². The van der Waals surface area contributed by atoms with Gasteiger partial charge in [-0.2, -0.15) is 0 Å². The quantitative estimate of drug-likeness (QED) is 0.866. The normalized spacial score (nSPS) is 30.7. The minimum Gasteiger partial charge on any atom is -0.349 e. The summed E-state index contributed by atoms with van der Waals surface area (Å²) < 4.78 is 0. The summed E-state index contributed by atoms with van der Waals surface area (Å²) in [6.07, 6.45) is 6.48. The third-order valence-corrected chi connectivity index (χ3v) is 6.29. The van der Waals surface area contributed by atoms with E-state index in [1.54, 1.807) is 11.8 Å². The van der Waals surface area contributed by atoms with E-state index in [2.05, 4.69) is 5.32 Å². The first-order valence-corrected chi connectivity index (χ1v) is 9.50. The van der Waals surface area contributed by atoms with E-state index in [9.17, 15) is 9.59 Å². The predicted octanol–water partition coefficient (Wildman–Crippen LogP) is 2.23. The topological polar surface area (TPSA) is 75.4 Å². The lowest BCUT2D eigenvalue weighted by molar-refractivity contribution is -0.116. The number of hydrogen-bond acceptors (Lipinski definition) is 3. The monoisotopic (exact) mass is 341 g/mol. The van der Waals surface area contributed by atoms with Crippen molar-refractivity contribution in [3.05, 3.63) is 29.3 Å². The van der Waals surface area contributed by atoms with Gasteiger partial charge in [-0.15, -0.1) is 0 Å². The summed E-state index contributed by atoms with van der Waals surface area (Å²) in [7, 11) is 0. The molecule has 3 aliphatic rings. The molecule has 0 radical (unpaired) electrons. The zero-order valence-corrected chi connectivity index (χ0v) is 14.8. The number of amides is 2. The molecule has 2 saturated carbocycles. The highest BCUT2D eigenvalue weighted by Gasteiger charge is 2.40. The molecule has 2 fully saturated rings. The van der Waals surface area contributed by atoms with Gasteiger partial charge < -0.3 is 16.0 Å². The summed E-state index contributed by atoms with van der Waals surface area (Å²) in [6.45, 7) is 2.29. The van der Waals surface area contributed by atoms with Crippen molar-refractivity contribution in [1.29, 1.82) is 0 Å². The number of anilines is 1. The van der Waals surface area contributed by atoms with Crippen molar-refractivity contribution in [2.75, 3.05) is 11.4 Å². The first-order valence-electron chi connectivity index (χ1n) is 9.50. The third-order valence-electron chi connectivity index (χ3n) is 6.29. The number of rotatable bonds is 2. The molecular weight excluding hydrogens is 314 g/mol. The Bertz CT molecular complexity index is 688. The summed E-state index contributed by atoms with van der Waals surface area (Å²) in [4.78, 5) is 26.3. The first kappa shape index (κ1) is 16.6. The minimum atomic E-state index is 0.0152. The minimum absolute atomic E-state index is 0.0152. The first-order chi connectivity index (χ1) is 12.0. The molecule has 2 aliphatic carbocycles. The molecule has 1 aromatic rings. The Morgan fingerprint density at radius 1 is 1.20 bits per heavy atom. The maximum absolute atomic E-state index is 12.8. The Balaban J connectivity index is 1.50. The van der Waals surface area contributed by atoms with E-state index in [1.165, 1.54) is 19.3 Å². The van der Waals surface area contributed by atoms with E-state index in [1.807, 2.05) is 18.2 Å². The van der Waals surface area contributed by atoms with Crippen molar-refractivity contribution in [1.82, 2.24) is 5.32 Å². The van der Waals surface area contributed by atoms with Crippen molar-refractivity contribution in [3.8, 4) is 0 Å². The van der Waals surface area contributed by atoms with E-state index in [4.69, 9.17) is 5.73 Å². The number of nitrogens with zero attached hydrogens (tertiary/aromatic N) is 1. The zero-order valence-electron chi connectivity index (χ0n) is 14.8. The van der Waals surface area contributed by atoms with Crippen LogP contribution in [0.1, 0.15) is 54.9 Å². The fraction of sp³-hybridized carbons (Fsp3) is 0.600. The van der Waals surface area contributed by atoms with Gasteiger partial charge in [0.1, 0.15) is 0 Å². The number of fused-ring (bicyclic) bond motifs is 3. The zero-order chi connectivity index (χ0) is 17.6. The van der Waals surface area contributed by atoms with Gasteiger partial charge in [-0.05, 0) is 67.7 Å². The molecule has 1 heterocycles. The molecule has 2 atom stereocenters. The molecule has 1 aliphatic heterocycles. The van der Waals surface area contributed by atoms with Crippen LogP contribution in [0.3, 0.4) is 0 Å². The Morgan fingerprint density at radius 3 is 2.60 bits per heavy atom. The summed E-state index contributed by atoms with van der Waals surface area (Å²) in [5, 5.41) is 3.31. The largest absolute Gasteiger partial charge is 0.349 e. The van der Waals surface area contributed by atoms with Gasteiger partial charge in [0.05, 0.1) is 0 Å². The van der Waals surface area contributed by atoms with Crippen LogP contribution in [0.15, 0.2) is 18.2 Å². The molecule has 134 valence electrons. The lowest BCUT2D eigenvalue weighted by Crippen LogP contribution is -2.53. The van der Waals surface area contributed by atoms with Gasteiger partial charge in [0.25, 0.3) is 5.91 Å². The van der Waals surface area contributed by atoms with Gasteiger partial charge in [0.2, 0.25) is 5.91 Å². The van der Waals surface area contributed by atoms with E-state index < -0.39 is 0 Å². The molecule has 2 amide bonds. The van der Waals surface area contributed by atoms with Crippen LogP contribution in [0.2, 0.25) is 0 Å². The molecule has 3 N–H and O–H groups in total. The van der Waals surface area contributed by atoms with Gasteiger partial charge in [0, 0.05) is 36.8 Å². The lowest BCUT2D eigenvalue weighted by atomic mass is 9.67. The van der Waals surface area contributed by atoms with Crippen molar-refractivity contribution < 1.29 is 9.59 Å². The standard InChI is InChI=1S/C20H27N3O2/c1-12(24)23-8-7-13-9-16(5-6-18(13)23)20(25)22-19-14-3-2-4-15(19)11-17(21)10-14/h5-6,9,14-15,17,19H,2-4,7-8,10-11,21H2,1H3,(H,22,25). The summed E-state index contributed by atoms with van der Waals surface area (Å²) >= 11 is 0. The molecule has 2 bridgehead atoms. The molecule has 2 unspecified atom stereocenters. The Morgan fingerprint density at radius 2 is 1.92 bits per heavy atom. The number of carbonyl (C=O) groups is 2. The number of carbonyl (C=O) groups excluding carboxylic acids is 2. The SMILES string of the molecule is CC(=O)N1CCc2cc(C(=O)NC3C4CCCC3CC(N)C4)ccc21. The van der Waals surface area contributed by atoms with E-state index in [0.29, 0.717) is 30.0 Å². The van der Waals surface area contributed by atoms with Gasteiger partial charge in [-0.3, -0.25) is 9.59 Å². The van der Waals surface area contributed by atoms with Crippen LogP contribution >= 0.6 is 0 Å². The van der Waals surface area contributed by atoms with Crippen molar-refractivity contribution in [3.63, 3.8) is 0 Å². The second-order valence-electron chi connectivity index (χ2n) is 7.95. The van der Waals surface area contributed by atoms with E-state index in [-0.39, 0.29) is 17.9 Å². The summed E-state index contributed by atoms with van der Waals surface area (Å²) in [5.74, 6) is 1.12. The highest BCUT2D eigenvalue weighted by atomic mass is 16.2. The van der Waals surface area contributed by atoms with Crippen LogP contribution in [-0.2, 0) is 11.2 Å². The summed E-state index contributed by atoms with van der Waals surface area (Å²) in [6, 6.07) is 6.28. The highest BCUT2D eigenvalue weighted by molar-refractivity contribution is 5.98. The van der Waals surface area contributed by atoms with Gasteiger partial charge in [-0.1, -0.05) is 6.42 Å². The maximum Gasteiger partial charge on any atom is 0.251 e. The smallest absolute Gasteiger partial charge is 0.251 e. The molecule has 0 saturated heterocycles. The maximum atomic E-state index is 12.8. The number of nitrogens with two attached hydrogens (primary N) is 1. The molecule has 0 aromatic heterocycles. The fourth-order valence-electron chi connectivity index (χ4n) is 5.13. The van der Waals surface area contributed by atoms with E-state index in [0.717, 1.165) is 30.5 Å². The second kappa shape index (κ2) is 6.45. The summed E-state index contributed by atoms with van der Waals surface area (Å²) in [5.41, 5.74) is 8.93. The predicted molar refractivity (Wildman–Crippen MR) is 97.5 cm³/mol. The second-order valence-corrected chi connectivity index (χ2v) is 7.95. The molecule has 4 rings (SSSR count). The van der Waals surface area contributed by atoms with Crippen LogP contribution in [0.5, 0.6) is 0 Å². The Kier molecular flexibility index (Phi) is 4.28. The molecule has 5 nitrogen and oxygen atoms in total. The van der Waals surface area contributed by atoms with Crippen LogP contribution in [-0.4, -0.2) is 30.4 Å². The molecule has 1 aromatic carbocycles. The van der Waals surface area contributed by atoms with Crippen molar-refractivity contribution in [2.24, 2.45) is 17.6 Å². The molecule has 5 heteroatoms. The number of nitrogens with one attached hydrogen (secondary N) is 1. The highest BCUT2D eigenvalue weighted by Crippen LogP contribution is 2.40. The van der Waals surface area contributed by atoms with Crippen LogP contribution in [0.4, 0.5) is 5.69 Å². The average Bonchev–Trinajstić information content (AvgIpc) is 2.99. The van der Waals surface area contributed by atoms with E-state index >= 15 is 0 Å². The van der Waals surface area contributed by atoms with Crippen LogP contribution < -0.4 is 16.0 Å². The van der Waals surface area contributed by atoms with Gasteiger partial charge in [0.15, 0.2) is 0 Å². The third kappa shape index (κ3) is 3.06. The Labute approximate surface area is 148 Å². The molecule has 25 heavy (non-hydrogen) atoms. The lowest BCUT2D eigenvalue weighted by Gasteiger charge is -2.45. The molecular formula is C20H27N3O2.